The molecule has 0 aromatic heterocycles. The zero-order valence-electron chi connectivity index (χ0n) is 11.6. The molecular formula is C16H16Cl2N2O. The summed E-state index contributed by atoms with van der Waals surface area (Å²) >= 11 is 11.9. The van der Waals surface area contributed by atoms with E-state index in [1.807, 2.05) is 36.4 Å². The Morgan fingerprint density at radius 1 is 0.952 bits per heavy atom. The maximum absolute atomic E-state index is 11.4. The number of carbonyl (C=O) groups excluding carboxylic acids is 1. The fraction of sp³-hybridized carbons (Fsp3) is 0.188. The number of rotatable bonds is 5. The van der Waals surface area contributed by atoms with Crippen molar-refractivity contribution in [3.63, 3.8) is 0 Å². The van der Waals surface area contributed by atoms with Crippen molar-refractivity contribution >= 4 is 29.1 Å². The first-order valence-electron chi connectivity index (χ1n) is 6.55. The number of hydrogen-bond donors (Lipinski definition) is 2. The monoisotopic (exact) mass is 322 g/mol. The lowest BCUT2D eigenvalue weighted by molar-refractivity contribution is 0.0963. The predicted molar refractivity (Wildman–Crippen MR) is 86.8 cm³/mol. The Bertz CT molecular complexity index is 606. The Kier molecular flexibility index (Phi) is 5.62. The molecule has 0 bridgehead atoms. The third-order valence-corrected chi connectivity index (χ3v) is 3.46. The van der Waals surface area contributed by atoms with Gasteiger partial charge in [0.25, 0.3) is 5.91 Å². The minimum Gasteiger partial charge on any atom is -0.355 e. The third kappa shape index (κ3) is 4.74. The van der Waals surface area contributed by atoms with E-state index in [9.17, 15) is 4.79 Å². The second-order valence-electron chi connectivity index (χ2n) is 4.66. The molecule has 0 atom stereocenters. The topological polar surface area (TPSA) is 41.1 Å². The van der Waals surface area contributed by atoms with Crippen LogP contribution in [0.15, 0.2) is 42.5 Å². The number of amides is 1. The lowest BCUT2D eigenvalue weighted by Crippen LogP contribution is -2.18. The summed E-state index contributed by atoms with van der Waals surface area (Å²) in [6.45, 7) is 1.38. The van der Waals surface area contributed by atoms with Crippen LogP contribution in [-0.2, 0) is 13.1 Å². The maximum Gasteiger partial charge on any atom is 0.251 e. The van der Waals surface area contributed by atoms with Crippen molar-refractivity contribution in [3.8, 4) is 0 Å². The van der Waals surface area contributed by atoms with Crippen LogP contribution in [-0.4, -0.2) is 13.0 Å². The molecular weight excluding hydrogens is 307 g/mol. The van der Waals surface area contributed by atoms with Crippen LogP contribution in [0, 0.1) is 0 Å². The van der Waals surface area contributed by atoms with Crippen LogP contribution in [0.2, 0.25) is 10.0 Å². The summed E-state index contributed by atoms with van der Waals surface area (Å²) in [5.41, 5.74) is 2.80. The zero-order chi connectivity index (χ0) is 15.2. The molecule has 0 aliphatic rings. The first-order valence-corrected chi connectivity index (χ1v) is 7.31. The van der Waals surface area contributed by atoms with Gasteiger partial charge in [-0.2, -0.15) is 0 Å². The van der Waals surface area contributed by atoms with Gasteiger partial charge in [-0.25, -0.2) is 0 Å². The maximum atomic E-state index is 11.4. The van der Waals surface area contributed by atoms with E-state index in [0.717, 1.165) is 11.1 Å². The highest BCUT2D eigenvalue weighted by Crippen LogP contribution is 2.19. The van der Waals surface area contributed by atoms with E-state index in [0.29, 0.717) is 28.7 Å². The van der Waals surface area contributed by atoms with E-state index in [4.69, 9.17) is 23.2 Å². The van der Waals surface area contributed by atoms with E-state index >= 15 is 0 Å². The Morgan fingerprint density at radius 2 is 1.52 bits per heavy atom. The number of halogens is 2. The van der Waals surface area contributed by atoms with Crippen LogP contribution in [0.4, 0.5) is 0 Å². The SMILES string of the molecule is CNC(=O)c1ccc(CNCc2cc(Cl)cc(Cl)c2)cc1. The summed E-state index contributed by atoms with van der Waals surface area (Å²) < 4.78 is 0. The van der Waals surface area contributed by atoms with Crippen LogP contribution in [0.1, 0.15) is 21.5 Å². The van der Waals surface area contributed by atoms with Gasteiger partial charge in [-0.3, -0.25) is 4.79 Å². The van der Waals surface area contributed by atoms with E-state index < -0.39 is 0 Å². The molecule has 0 heterocycles. The van der Waals surface area contributed by atoms with Gasteiger partial charge in [-0.15, -0.1) is 0 Å². The van der Waals surface area contributed by atoms with Crippen LogP contribution in [0.5, 0.6) is 0 Å². The smallest absolute Gasteiger partial charge is 0.251 e. The van der Waals surface area contributed by atoms with Crippen molar-refractivity contribution in [1.29, 1.82) is 0 Å². The number of nitrogens with one attached hydrogen (secondary N) is 2. The molecule has 0 saturated heterocycles. The normalized spacial score (nSPS) is 10.4. The summed E-state index contributed by atoms with van der Waals surface area (Å²) in [6, 6.07) is 13.0. The highest BCUT2D eigenvalue weighted by atomic mass is 35.5. The molecule has 21 heavy (non-hydrogen) atoms. The standard InChI is InChI=1S/C16H16Cl2N2O/c1-19-16(21)13-4-2-11(3-5-13)9-20-10-12-6-14(17)8-15(18)7-12/h2-8,20H,9-10H2,1H3,(H,19,21). The average Bonchev–Trinajstić information content (AvgIpc) is 2.46. The molecule has 0 unspecified atom stereocenters. The van der Waals surface area contributed by atoms with Crippen LogP contribution >= 0.6 is 23.2 Å². The van der Waals surface area contributed by atoms with Crippen LogP contribution in [0.25, 0.3) is 0 Å². The van der Waals surface area contributed by atoms with Crippen molar-refractivity contribution in [2.75, 3.05) is 7.05 Å². The Labute approximate surface area is 134 Å². The van der Waals surface area contributed by atoms with E-state index in [-0.39, 0.29) is 5.91 Å². The van der Waals surface area contributed by atoms with Crippen molar-refractivity contribution < 1.29 is 4.79 Å². The predicted octanol–water partition coefficient (Wildman–Crippen LogP) is 3.64. The Hall–Kier alpha value is -1.55. The summed E-state index contributed by atoms with van der Waals surface area (Å²) in [6.07, 6.45) is 0. The minimum atomic E-state index is -0.0805. The lowest BCUT2D eigenvalue weighted by atomic mass is 10.1. The molecule has 110 valence electrons. The zero-order valence-corrected chi connectivity index (χ0v) is 13.1. The van der Waals surface area contributed by atoms with Gasteiger partial charge in [0, 0.05) is 35.7 Å². The quantitative estimate of drug-likeness (QED) is 0.882. The summed E-state index contributed by atoms with van der Waals surface area (Å²) in [7, 11) is 1.62. The fourth-order valence-corrected chi connectivity index (χ4v) is 2.55. The molecule has 0 saturated carbocycles. The van der Waals surface area contributed by atoms with Crippen molar-refractivity contribution in [3.05, 3.63) is 69.2 Å². The fourth-order valence-electron chi connectivity index (χ4n) is 1.98. The largest absolute Gasteiger partial charge is 0.355 e. The highest BCUT2D eigenvalue weighted by Gasteiger charge is 2.02. The molecule has 0 radical (unpaired) electrons. The molecule has 2 N–H and O–H groups in total. The van der Waals surface area contributed by atoms with Gasteiger partial charge in [0.1, 0.15) is 0 Å². The van der Waals surface area contributed by atoms with E-state index in [2.05, 4.69) is 10.6 Å². The van der Waals surface area contributed by atoms with Gasteiger partial charge in [0.05, 0.1) is 0 Å². The first-order chi connectivity index (χ1) is 10.1. The molecule has 2 aromatic carbocycles. The van der Waals surface area contributed by atoms with Gasteiger partial charge >= 0.3 is 0 Å². The summed E-state index contributed by atoms with van der Waals surface area (Å²) in [5.74, 6) is -0.0805. The van der Waals surface area contributed by atoms with Crippen molar-refractivity contribution in [2.24, 2.45) is 0 Å². The summed E-state index contributed by atoms with van der Waals surface area (Å²) in [5, 5.41) is 7.18. The second-order valence-corrected chi connectivity index (χ2v) is 5.53. The number of hydrogen-bond acceptors (Lipinski definition) is 2. The molecule has 5 heteroatoms. The van der Waals surface area contributed by atoms with Gasteiger partial charge in [0.15, 0.2) is 0 Å². The van der Waals surface area contributed by atoms with E-state index in [1.165, 1.54) is 0 Å². The van der Waals surface area contributed by atoms with Crippen molar-refractivity contribution in [1.82, 2.24) is 10.6 Å². The molecule has 1 amide bonds. The van der Waals surface area contributed by atoms with Gasteiger partial charge in [0.2, 0.25) is 0 Å². The molecule has 0 fully saturated rings. The molecule has 3 nitrogen and oxygen atoms in total. The average molecular weight is 323 g/mol. The van der Waals surface area contributed by atoms with Gasteiger partial charge in [-0.05, 0) is 41.5 Å². The van der Waals surface area contributed by atoms with Gasteiger partial charge in [-0.1, -0.05) is 35.3 Å². The minimum absolute atomic E-state index is 0.0805. The highest BCUT2D eigenvalue weighted by molar-refractivity contribution is 6.34. The number of carbonyl (C=O) groups is 1. The molecule has 0 aliphatic heterocycles. The van der Waals surface area contributed by atoms with Crippen molar-refractivity contribution in [2.45, 2.75) is 13.1 Å². The van der Waals surface area contributed by atoms with Crippen LogP contribution < -0.4 is 10.6 Å². The molecule has 2 aromatic rings. The molecule has 0 spiro atoms. The second kappa shape index (κ2) is 7.46. The third-order valence-electron chi connectivity index (χ3n) is 3.02. The van der Waals surface area contributed by atoms with Crippen LogP contribution in [0.3, 0.4) is 0 Å². The Balaban J connectivity index is 1.90. The first kappa shape index (κ1) is 15.8. The number of benzene rings is 2. The molecule has 2 rings (SSSR count). The summed E-state index contributed by atoms with van der Waals surface area (Å²) in [4.78, 5) is 11.4. The molecule has 0 aliphatic carbocycles. The lowest BCUT2D eigenvalue weighted by Gasteiger charge is -2.07. The van der Waals surface area contributed by atoms with Gasteiger partial charge < -0.3 is 10.6 Å². The Morgan fingerprint density at radius 3 is 2.10 bits per heavy atom. The van der Waals surface area contributed by atoms with E-state index in [1.54, 1.807) is 13.1 Å².